The fourth-order valence-electron chi connectivity index (χ4n) is 1.79. The molecule has 0 saturated carbocycles. The molecular formula is C14H14NO2S+. The van der Waals surface area contributed by atoms with Gasteiger partial charge in [-0.15, -0.1) is 0 Å². The standard InChI is InChI=1S/C14H14NO2S/c1-2-18(13-6-4-3-5-7-13)14-10-8-12(9-11-14)15(16)17/h3-11H,2H2,1H3/q+1. The van der Waals surface area contributed by atoms with E-state index in [0.29, 0.717) is 0 Å². The van der Waals surface area contributed by atoms with Gasteiger partial charge in [-0.05, 0) is 19.1 Å². The number of hydrogen-bond donors (Lipinski definition) is 0. The summed E-state index contributed by atoms with van der Waals surface area (Å²) in [4.78, 5) is 12.7. The maximum atomic E-state index is 10.6. The van der Waals surface area contributed by atoms with E-state index in [4.69, 9.17) is 0 Å². The third-order valence-electron chi connectivity index (χ3n) is 2.65. The Morgan fingerprint density at radius 1 is 1.00 bits per heavy atom. The lowest BCUT2D eigenvalue weighted by atomic mass is 10.3. The molecule has 2 aromatic rings. The highest BCUT2D eigenvalue weighted by Gasteiger charge is 2.23. The van der Waals surface area contributed by atoms with Crippen LogP contribution in [0.15, 0.2) is 64.4 Å². The van der Waals surface area contributed by atoms with Crippen molar-refractivity contribution in [1.82, 2.24) is 0 Å². The largest absolute Gasteiger partial charge is 0.269 e. The average Bonchev–Trinajstić information content (AvgIpc) is 2.41. The number of nitro groups is 1. The molecule has 2 aromatic carbocycles. The Balaban J connectivity index is 2.31. The topological polar surface area (TPSA) is 43.1 Å². The van der Waals surface area contributed by atoms with Gasteiger partial charge in [0.25, 0.3) is 5.69 Å². The zero-order chi connectivity index (χ0) is 13.0. The van der Waals surface area contributed by atoms with Gasteiger partial charge in [0, 0.05) is 24.3 Å². The quantitative estimate of drug-likeness (QED) is 0.478. The molecule has 0 N–H and O–H groups in total. The van der Waals surface area contributed by atoms with Crippen molar-refractivity contribution in [2.75, 3.05) is 5.75 Å². The minimum atomic E-state index is -0.365. The summed E-state index contributed by atoms with van der Waals surface area (Å²) >= 11 is 0. The Labute approximate surface area is 109 Å². The highest BCUT2D eigenvalue weighted by atomic mass is 32.2. The summed E-state index contributed by atoms with van der Waals surface area (Å²) in [5.74, 6) is 1.00. The molecule has 0 saturated heterocycles. The normalized spacial score (nSPS) is 12.1. The maximum absolute atomic E-state index is 10.6. The average molecular weight is 260 g/mol. The van der Waals surface area contributed by atoms with Crippen LogP contribution in [0.2, 0.25) is 0 Å². The van der Waals surface area contributed by atoms with Crippen molar-refractivity contribution in [3.05, 3.63) is 64.7 Å². The first-order valence-electron chi connectivity index (χ1n) is 5.72. The molecule has 0 fully saturated rings. The van der Waals surface area contributed by atoms with Gasteiger partial charge >= 0.3 is 0 Å². The molecule has 1 unspecified atom stereocenters. The molecule has 2 rings (SSSR count). The van der Waals surface area contributed by atoms with Crippen LogP contribution in [0.3, 0.4) is 0 Å². The summed E-state index contributed by atoms with van der Waals surface area (Å²) in [6.07, 6.45) is 0. The Kier molecular flexibility index (Phi) is 3.99. The number of rotatable bonds is 4. The molecular weight excluding hydrogens is 246 g/mol. The molecule has 0 radical (unpaired) electrons. The highest BCUT2D eigenvalue weighted by molar-refractivity contribution is 7.97. The van der Waals surface area contributed by atoms with Crippen molar-refractivity contribution in [2.24, 2.45) is 0 Å². The van der Waals surface area contributed by atoms with Crippen LogP contribution in [0.1, 0.15) is 6.92 Å². The van der Waals surface area contributed by atoms with Gasteiger partial charge in [-0.2, -0.15) is 0 Å². The Bertz CT molecular complexity index is 525. The third-order valence-corrected chi connectivity index (χ3v) is 4.91. The zero-order valence-electron chi connectivity index (χ0n) is 10.1. The van der Waals surface area contributed by atoms with Crippen molar-refractivity contribution in [3.8, 4) is 0 Å². The van der Waals surface area contributed by atoms with Crippen LogP contribution in [0.4, 0.5) is 5.69 Å². The molecule has 18 heavy (non-hydrogen) atoms. The van der Waals surface area contributed by atoms with Crippen molar-refractivity contribution in [1.29, 1.82) is 0 Å². The molecule has 0 heterocycles. The van der Waals surface area contributed by atoms with Crippen LogP contribution >= 0.6 is 0 Å². The molecule has 0 aliphatic carbocycles. The van der Waals surface area contributed by atoms with E-state index in [-0.39, 0.29) is 21.5 Å². The van der Waals surface area contributed by atoms with Gasteiger partial charge < -0.3 is 0 Å². The second-order valence-corrected chi connectivity index (χ2v) is 6.05. The lowest BCUT2D eigenvalue weighted by Crippen LogP contribution is -2.06. The molecule has 4 heteroatoms. The van der Waals surface area contributed by atoms with Crippen LogP contribution in [-0.4, -0.2) is 10.7 Å². The van der Waals surface area contributed by atoms with Gasteiger partial charge in [0.2, 0.25) is 0 Å². The monoisotopic (exact) mass is 260 g/mol. The first-order chi connectivity index (χ1) is 8.72. The van der Waals surface area contributed by atoms with Gasteiger partial charge in [-0.3, -0.25) is 10.1 Å². The van der Waals surface area contributed by atoms with E-state index in [1.807, 2.05) is 30.3 Å². The van der Waals surface area contributed by atoms with Crippen molar-refractivity contribution in [2.45, 2.75) is 16.7 Å². The lowest BCUT2D eigenvalue weighted by molar-refractivity contribution is -0.384. The molecule has 3 nitrogen and oxygen atoms in total. The molecule has 0 aliphatic heterocycles. The van der Waals surface area contributed by atoms with E-state index in [0.717, 1.165) is 10.6 Å². The van der Waals surface area contributed by atoms with E-state index in [1.165, 1.54) is 4.90 Å². The molecule has 0 amide bonds. The zero-order valence-corrected chi connectivity index (χ0v) is 10.9. The van der Waals surface area contributed by atoms with Gasteiger partial charge in [0.15, 0.2) is 9.79 Å². The molecule has 0 bridgehead atoms. The summed E-state index contributed by atoms with van der Waals surface area (Å²) in [5, 5.41) is 10.6. The van der Waals surface area contributed by atoms with E-state index in [9.17, 15) is 10.1 Å². The number of nitrogens with zero attached hydrogens (tertiary/aromatic N) is 1. The third kappa shape index (κ3) is 2.71. The van der Waals surface area contributed by atoms with Gasteiger partial charge in [0.05, 0.1) is 15.8 Å². The van der Waals surface area contributed by atoms with E-state index in [1.54, 1.807) is 12.1 Å². The Morgan fingerprint density at radius 3 is 2.06 bits per heavy atom. The smallest absolute Gasteiger partial charge is 0.258 e. The number of nitro benzene ring substituents is 1. The fourth-order valence-corrected chi connectivity index (χ4v) is 3.68. The molecule has 92 valence electrons. The second kappa shape index (κ2) is 5.69. The van der Waals surface area contributed by atoms with Gasteiger partial charge in [0.1, 0.15) is 5.75 Å². The summed E-state index contributed by atoms with van der Waals surface area (Å²) in [6.45, 7) is 2.14. The summed E-state index contributed by atoms with van der Waals surface area (Å²) in [5.41, 5.74) is 0.145. The number of non-ortho nitro benzene ring substituents is 1. The maximum Gasteiger partial charge on any atom is 0.269 e. The first-order valence-corrected chi connectivity index (χ1v) is 7.12. The van der Waals surface area contributed by atoms with Gasteiger partial charge in [-0.25, -0.2) is 0 Å². The van der Waals surface area contributed by atoms with Crippen molar-refractivity contribution < 1.29 is 4.92 Å². The molecule has 0 aliphatic rings. The molecule has 1 atom stereocenters. The predicted molar refractivity (Wildman–Crippen MR) is 74.0 cm³/mol. The summed E-state index contributed by atoms with van der Waals surface area (Å²) in [6, 6.07) is 17.1. The predicted octanol–water partition coefficient (Wildman–Crippen LogP) is 3.65. The minimum Gasteiger partial charge on any atom is -0.258 e. The first kappa shape index (κ1) is 12.6. The van der Waals surface area contributed by atoms with Crippen molar-refractivity contribution >= 4 is 16.6 Å². The van der Waals surface area contributed by atoms with Gasteiger partial charge in [-0.1, -0.05) is 18.2 Å². The summed E-state index contributed by atoms with van der Waals surface area (Å²) < 4.78 is 0. The minimum absolute atomic E-state index is 0.00231. The van der Waals surface area contributed by atoms with Crippen LogP contribution in [0.5, 0.6) is 0 Å². The highest BCUT2D eigenvalue weighted by Crippen LogP contribution is 2.25. The van der Waals surface area contributed by atoms with Crippen molar-refractivity contribution in [3.63, 3.8) is 0 Å². The summed E-state index contributed by atoms with van der Waals surface area (Å²) in [7, 11) is -0.00231. The van der Waals surface area contributed by atoms with E-state index < -0.39 is 0 Å². The molecule has 0 spiro atoms. The molecule has 0 aromatic heterocycles. The van der Waals surface area contributed by atoms with Crippen LogP contribution in [-0.2, 0) is 10.9 Å². The van der Waals surface area contributed by atoms with E-state index in [2.05, 4.69) is 19.1 Å². The number of benzene rings is 2. The van der Waals surface area contributed by atoms with Crippen LogP contribution in [0, 0.1) is 10.1 Å². The number of hydrogen-bond acceptors (Lipinski definition) is 2. The van der Waals surface area contributed by atoms with E-state index >= 15 is 0 Å². The second-order valence-electron chi connectivity index (χ2n) is 3.74. The van der Waals surface area contributed by atoms with Crippen LogP contribution in [0.25, 0.3) is 0 Å². The SMILES string of the molecule is CC[S+](c1ccccc1)c1ccc([N+](=O)[O-])cc1. The fraction of sp³-hybridized carbons (Fsp3) is 0.143. The Hall–Kier alpha value is -1.81. The Morgan fingerprint density at radius 2 is 1.56 bits per heavy atom. The van der Waals surface area contributed by atoms with Crippen LogP contribution < -0.4 is 0 Å². The lowest BCUT2D eigenvalue weighted by Gasteiger charge is -2.05.